The van der Waals surface area contributed by atoms with Gasteiger partial charge in [-0.05, 0) is 41.6 Å². The van der Waals surface area contributed by atoms with Crippen molar-refractivity contribution in [1.82, 2.24) is 0 Å². The number of aryl methyl sites for hydroxylation is 1. The average molecular weight is 233 g/mol. The molecule has 0 radical (unpaired) electrons. The maximum Gasteiger partial charge on any atom is 0.346 e. The van der Waals surface area contributed by atoms with Crippen LogP contribution in [0.1, 0.15) is 15.2 Å². The van der Waals surface area contributed by atoms with E-state index in [0.29, 0.717) is 10.6 Å². The maximum atomic E-state index is 11.0. The molecule has 0 bridgehead atoms. The van der Waals surface area contributed by atoms with Gasteiger partial charge in [0.05, 0.1) is 0 Å². The SMILES string of the molecule is Cc1cc(N)cc(-c2ccsc2C(=O)O)c1. The summed E-state index contributed by atoms with van der Waals surface area (Å²) in [5.74, 6) is -0.898. The van der Waals surface area contributed by atoms with Gasteiger partial charge in [0.1, 0.15) is 4.88 Å². The summed E-state index contributed by atoms with van der Waals surface area (Å²) < 4.78 is 0. The van der Waals surface area contributed by atoms with Crippen LogP contribution >= 0.6 is 11.3 Å². The molecule has 2 rings (SSSR count). The lowest BCUT2D eigenvalue weighted by Gasteiger charge is -2.04. The zero-order chi connectivity index (χ0) is 11.7. The summed E-state index contributed by atoms with van der Waals surface area (Å²) in [6.07, 6.45) is 0. The van der Waals surface area contributed by atoms with E-state index < -0.39 is 5.97 Å². The van der Waals surface area contributed by atoms with Crippen LogP contribution in [0.25, 0.3) is 11.1 Å². The van der Waals surface area contributed by atoms with Crippen molar-refractivity contribution in [3.8, 4) is 11.1 Å². The fraction of sp³-hybridized carbons (Fsp3) is 0.0833. The van der Waals surface area contributed by atoms with Crippen molar-refractivity contribution in [3.63, 3.8) is 0 Å². The number of anilines is 1. The minimum absolute atomic E-state index is 0.352. The van der Waals surface area contributed by atoms with Gasteiger partial charge in [-0.15, -0.1) is 11.3 Å². The van der Waals surface area contributed by atoms with Crippen molar-refractivity contribution < 1.29 is 9.90 Å². The second kappa shape index (κ2) is 3.98. The Kier molecular flexibility index (Phi) is 2.66. The van der Waals surface area contributed by atoms with Gasteiger partial charge in [-0.1, -0.05) is 6.07 Å². The van der Waals surface area contributed by atoms with Gasteiger partial charge in [0.25, 0.3) is 0 Å². The van der Waals surface area contributed by atoms with Gasteiger partial charge in [0.2, 0.25) is 0 Å². The number of nitrogens with two attached hydrogens (primary N) is 1. The number of hydrogen-bond acceptors (Lipinski definition) is 3. The highest BCUT2D eigenvalue weighted by Crippen LogP contribution is 2.30. The molecule has 0 unspecified atom stereocenters. The summed E-state index contributed by atoms with van der Waals surface area (Å²) in [5, 5.41) is 10.8. The Balaban J connectivity index is 2.58. The van der Waals surface area contributed by atoms with Gasteiger partial charge < -0.3 is 10.8 Å². The Morgan fingerprint density at radius 3 is 2.75 bits per heavy atom. The van der Waals surface area contributed by atoms with Crippen LogP contribution in [0.5, 0.6) is 0 Å². The molecular weight excluding hydrogens is 222 g/mol. The first-order chi connectivity index (χ1) is 7.58. The van der Waals surface area contributed by atoms with Crippen LogP contribution in [-0.2, 0) is 0 Å². The van der Waals surface area contributed by atoms with Crippen molar-refractivity contribution in [3.05, 3.63) is 40.1 Å². The van der Waals surface area contributed by atoms with E-state index >= 15 is 0 Å². The molecular formula is C12H11NO2S. The lowest BCUT2D eigenvalue weighted by atomic mass is 10.0. The molecule has 3 N–H and O–H groups in total. The van der Waals surface area contributed by atoms with E-state index in [0.717, 1.165) is 16.7 Å². The highest BCUT2D eigenvalue weighted by molar-refractivity contribution is 7.12. The monoisotopic (exact) mass is 233 g/mol. The van der Waals surface area contributed by atoms with Crippen molar-refractivity contribution >= 4 is 23.0 Å². The normalized spacial score (nSPS) is 10.3. The molecule has 0 aliphatic heterocycles. The maximum absolute atomic E-state index is 11.0. The van der Waals surface area contributed by atoms with Gasteiger partial charge >= 0.3 is 5.97 Å². The van der Waals surface area contributed by atoms with Gasteiger partial charge in [0, 0.05) is 11.3 Å². The van der Waals surface area contributed by atoms with Crippen molar-refractivity contribution in [1.29, 1.82) is 0 Å². The second-order valence-electron chi connectivity index (χ2n) is 3.60. The molecule has 3 nitrogen and oxygen atoms in total. The van der Waals surface area contributed by atoms with Crippen molar-refractivity contribution in [2.24, 2.45) is 0 Å². The van der Waals surface area contributed by atoms with E-state index in [4.69, 9.17) is 10.8 Å². The van der Waals surface area contributed by atoms with E-state index in [1.54, 1.807) is 11.4 Å². The van der Waals surface area contributed by atoms with Crippen LogP contribution in [-0.4, -0.2) is 11.1 Å². The average Bonchev–Trinajstić information content (AvgIpc) is 2.63. The number of carboxylic acid groups (broad SMARTS) is 1. The second-order valence-corrected chi connectivity index (χ2v) is 4.52. The Labute approximate surface area is 97.2 Å². The van der Waals surface area contributed by atoms with E-state index in [9.17, 15) is 4.79 Å². The Morgan fingerprint density at radius 2 is 2.12 bits per heavy atom. The van der Waals surface area contributed by atoms with Crippen LogP contribution in [0, 0.1) is 6.92 Å². The third-order valence-corrected chi connectivity index (χ3v) is 3.17. The van der Waals surface area contributed by atoms with E-state index in [1.807, 2.05) is 25.1 Å². The fourth-order valence-electron chi connectivity index (χ4n) is 1.67. The number of rotatable bonds is 2. The zero-order valence-electron chi connectivity index (χ0n) is 8.73. The molecule has 0 saturated heterocycles. The molecule has 0 aliphatic rings. The number of carboxylic acids is 1. The van der Waals surface area contributed by atoms with E-state index in [2.05, 4.69) is 0 Å². The standard InChI is InChI=1S/C12H11NO2S/c1-7-4-8(6-9(13)5-7)10-2-3-16-11(10)12(14)15/h2-6H,13H2,1H3,(H,14,15). The van der Waals surface area contributed by atoms with Crippen LogP contribution in [0.15, 0.2) is 29.6 Å². The fourth-order valence-corrected chi connectivity index (χ4v) is 2.42. The molecule has 4 heteroatoms. The van der Waals surface area contributed by atoms with Crippen LogP contribution < -0.4 is 5.73 Å². The topological polar surface area (TPSA) is 63.3 Å². The first-order valence-corrected chi connectivity index (χ1v) is 5.64. The predicted octanol–water partition coefficient (Wildman–Crippen LogP) is 3.00. The molecule has 82 valence electrons. The molecule has 0 aliphatic carbocycles. The number of carbonyl (C=O) groups is 1. The summed E-state index contributed by atoms with van der Waals surface area (Å²) in [6, 6.07) is 7.39. The summed E-state index contributed by atoms with van der Waals surface area (Å²) >= 11 is 1.22. The zero-order valence-corrected chi connectivity index (χ0v) is 9.54. The molecule has 0 fully saturated rings. The summed E-state index contributed by atoms with van der Waals surface area (Å²) in [6.45, 7) is 1.94. The molecule has 0 atom stereocenters. The molecule has 16 heavy (non-hydrogen) atoms. The lowest BCUT2D eigenvalue weighted by molar-refractivity contribution is 0.0703. The van der Waals surface area contributed by atoms with Crippen LogP contribution in [0.3, 0.4) is 0 Å². The summed E-state index contributed by atoms with van der Waals surface area (Å²) in [5.41, 5.74) is 9.01. The van der Waals surface area contributed by atoms with Gasteiger partial charge in [0.15, 0.2) is 0 Å². The third-order valence-electron chi connectivity index (χ3n) is 2.27. The van der Waals surface area contributed by atoms with Gasteiger partial charge in [-0.25, -0.2) is 4.79 Å². The Morgan fingerprint density at radius 1 is 1.38 bits per heavy atom. The Bertz CT molecular complexity index is 525. The highest BCUT2D eigenvalue weighted by atomic mass is 32.1. The summed E-state index contributed by atoms with van der Waals surface area (Å²) in [4.78, 5) is 11.4. The molecule has 0 amide bonds. The predicted molar refractivity (Wildman–Crippen MR) is 65.9 cm³/mol. The number of hydrogen-bond donors (Lipinski definition) is 2. The number of thiophene rings is 1. The highest BCUT2D eigenvalue weighted by Gasteiger charge is 2.13. The number of aromatic carboxylic acids is 1. The smallest absolute Gasteiger partial charge is 0.346 e. The Hall–Kier alpha value is -1.81. The third kappa shape index (κ3) is 1.92. The summed E-state index contributed by atoms with van der Waals surface area (Å²) in [7, 11) is 0. The minimum Gasteiger partial charge on any atom is -0.477 e. The first-order valence-electron chi connectivity index (χ1n) is 4.76. The molecule has 0 spiro atoms. The minimum atomic E-state index is -0.898. The molecule has 0 saturated carbocycles. The van der Waals surface area contributed by atoms with Gasteiger partial charge in [-0.2, -0.15) is 0 Å². The van der Waals surface area contributed by atoms with Crippen LogP contribution in [0.4, 0.5) is 5.69 Å². The first kappa shape index (κ1) is 10.7. The van der Waals surface area contributed by atoms with Gasteiger partial charge in [-0.3, -0.25) is 0 Å². The number of nitrogen functional groups attached to an aromatic ring is 1. The molecule has 1 aromatic carbocycles. The van der Waals surface area contributed by atoms with Crippen molar-refractivity contribution in [2.45, 2.75) is 6.92 Å². The molecule has 2 aromatic rings. The molecule has 1 aromatic heterocycles. The van der Waals surface area contributed by atoms with E-state index in [1.165, 1.54) is 11.3 Å². The largest absolute Gasteiger partial charge is 0.477 e. The lowest BCUT2D eigenvalue weighted by Crippen LogP contribution is -1.95. The van der Waals surface area contributed by atoms with Crippen LogP contribution in [0.2, 0.25) is 0 Å². The van der Waals surface area contributed by atoms with Crippen molar-refractivity contribution in [2.75, 3.05) is 5.73 Å². The molecule has 1 heterocycles. The number of benzene rings is 1. The van der Waals surface area contributed by atoms with E-state index in [-0.39, 0.29) is 0 Å². The quantitative estimate of drug-likeness (QED) is 0.784.